The van der Waals surface area contributed by atoms with Gasteiger partial charge < -0.3 is 0 Å². The second-order valence-corrected chi connectivity index (χ2v) is 4.71. The first-order valence-corrected chi connectivity index (χ1v) is 6.07. The van der Waals surface area contributed by atoms with Crippen molar-refractivity contribution in [3.8, 4) is 0 Å². The highest BCUT2D eigenvalue weighted by Crippen LogP contribution is 2.24. The summed E-state index contributed by atoms with van der Waals surface area (Å²) >= 11 is 0. The van der Waals surface area contributed by atoms with E-state index in [9.17, 15) is 10.1 Å². The van der Waals surface area contributed by atoms with E-state index >= 15 is 0 Å². The fourth-order valence-corrected chi connectivity index (χ4v) is 2.02. The van der Waals surface area contributed by atoms with Gasteiger partial charge >= 0.3 is 5.66 Å². The molecule has 0 aliphatic rings. The summed E-state index contributed by atoms with van der Waals surface area (Å²) in [5.74, 6) is 0. The van der Waals surface area contributed by atoms with Crippen molar-refractivity contribution in [2.75, 3.05) is 0 Å². The second kappa shape index (κ2) is 6.50. The molecule has 2 rings (SSSR count). The van der Waals surface area contributed by atoms with E-state index in [2.05, 4.69) is 0 Å². The van der Waals surface area contributed by atoms with Gasteiger partial charge in [0.05, 0.1) is 6.42 Å². The van der Waals surface area contributed by atoms with Crippen molar-refractivity contribution in [1.82, 2.24) is 0 Å². The highest BCUT2D eigenvalue weighted by atomic mass is 35.5. The molecule has 0 saturated carbocycles. The fraction of sp³-hybridized carbons (Fsp3) is 0.200. The molecule has 0 amide bonds. The molecule has 5 heteroatoms. The van der Waals surface area contributed by atoms with Crippen LogP contribution in [-0.2, 0) is 12.1 Å². The first-order valence-electron chi connectivity index (χ1n) is 6.07. The molecule has 0 fully saturated rings. The molecule has 106 valence electrons. The number of nitrogens with zero attached hydrogens (tertiary/aromatic N) is 1. The Balaban J connectivity index is 0.00000200. The van der Waals surface area contributed by atoms with Crippen LogP contribution >= 0.6 is 12.4 Å². The molecule has 0 bridgehead atoms. The van der Waals surface area contributed by atoms with Crippen LogP contribution in [0.2, 0.25) is 0 Å². The minimum absolute atomic E-state index is 0. The van der Waals surface area contributed by atoms with Gasteiger partial charge in [0, 0.05) is 10.5 Å². The monoisotopic (exact) mass is 292 g/mol. The van der Waals surface area contributed by atoms with Crippen molar-refractivity contribution >= 4 is 12.4 Å². The van der Waals surface area contributed by atoms with E-state index < -0.39 is 10.6 Å². The molecule has 20 heavy (non-hydrogen) atoms. The molecule has 1 unspecified atom stereocenters. The largest absolute Gasteiger partial charge is 0.302 e. The Kier molecular flexibility index (Phi) is 5.25. The van der Waals surface area contributed by atoms with Crippen molar-refractivity contribution in [1.29, 1.82) is 0 Å². The van der Waals surface area contributed by atoms with Crippen LogP contribution in [0, 0.1) is 17.0 Å². The molecule has 0 aliphatic carbocycles. The number of hydrogen-bond acceptors (Lipinski definition) is 3. The van der Waals surface area contributed by atoms with E-state index in [4.69, 9.17) is 5.73 Å². The van der Waals surface area contributed by atoms with Gasteiger partial charge in [-0.1, -0.05) is 60.2 Å². The molecule has 2 aromatic carbocycles. The Morgan fingerprint density at radius 2 is 1.65 bits per heavy atom. The molecule has 2 aromatic rings. The molecule has 0 spiro atoms. The minimum Gasteiger partial charge on any atom is -0.262 e. The summed E-state index contributed by atoms with van der Waals surface area (Å²) in [7, 11) is 0. The molecule has 0 aliphatic heterocycles. The van der Waals surface area contributed by atoms with E-state index in [1.807, 2.05) is 49.4 Å². The van der Waals surface area contributed by atoms with Crippen LogP contribution in [0.25, 0.3) is 0 Å². The van der Waals surface area contributed by atoms with Gasteiger partial charge in [0.1, 0.15) is 0 Å². The van der Waals surface area contributed by atoms with Gasteiger partial charge in [-0.2, -0.15) is 0 Å². The summed E-state index contributed by atoms with van der Waals surface area (Å²) in [5.41, 5.74) is 6.88. The van der Waals surface area contributed by atoms with Crippen molar-refractivity contribution in [2.24, 2.45) is 5.73 Å². The lowest BCUT2D eigenvalue weighted by Crippen LogP contribution is -2.46. The van der Waals surface area contributed by atoms with E-state index in [1.165, 1.54) is 0 Å². The molecule has 4 nitrogen and oxygen atoms in total. The van der Waals surface area contributed by atoms with Crippen LogP contribution in [0.1, 0.15) is 16.7 Å². The standard InChI is InChI=1S/C15H16N2O2.ClH/c1-12-7-9-14(10-8-12)15(16,17(18)19)11-13-5-3-2-4-6-13;/h2-10H,11,16H2,1H3;1H. The zero-order valence-electron chi connectivity index (χ0n) is 11.2. The Bertz CT molecular complexity index is 572. The van der Waals surface area contributed by atoms with E-state index in [0.717, 1.165) is 11.1 Å². The summed E-state index contributed by atoms with van der Waals surface area (Å²) in [6, 6.07) is 16.4. The maximum Gasteiger partial charge on any atom is 0.302 e. The lowest BCUT2D eigenvalue weighted by molar-refractivity contribution is -0.578. The number of aryl methyl sites for hydroxylation is 1. The number of nitro groups is 1. The average molecular weight is 293 g/mol. The topological polar surface area (TPSA) is 69.2 Å². The fourth-order valence-electron chi connectivity index (χ4n) is 2.02. The number of rotatable bonds is 4. The van der Waals surface area contributed by atoms with Crippen LogP contribution in [0.5, 0.6) is 0 Å². The Hall–Kier alpha value is -1.91. The molecule has 2 N–H and O–H groups in total. The second-order valence-electron chi connectivity index (χ2n) is 4.71. The smallest absolute Gasteiger partial charge is 0.262 e. The quantitative estimate of drug-likeness (QED) is 0.535. The number of halogens is 1. The molecule has 0 saturated heterocycles. The van der Waals surface area contributed by atoms with Gasteiger partial charge in [-0.05, 0) is 12.5 Å². The zero-order valence-corrected chi connectivity index (χ0v) is 12.0. The Labute approximate surface area is 124 Å². The van der Waals surface area contributed by atoms with Crippen molar-refractivity contribution in [3.05, 3.63) is 81.4 Å². The van der Waals surface area contributed by atoms with Gasteiger partial charge in [-0.3, -0.25) is 15.8 Å². The summed E-state index contributed by atoms with van der Waals surface area (Å²) in [4.78, 5) is 11.0. The number of benzene rings is 2. The van der Waals surface area contributed by atoms with E-state index in [0.29, 0.717) is 5.56 Å². The summed E-state index contributed by atoms with van der Waals surface area (Å²) in [6.45, 7) is 1.94. The Morgan fingerprint density at radius 1 is 1.10 bits per heavy atom. The molecule has 1 atom stereocenters. The SMILES string of the molecule is Cc1ccc(C(N)(Cc2ccccc2)[N+](=O)[O-])cc1.Cl. The third-order valence-corrected chi connectivity index (χ3v) is 3.19. The van der Waals surface area contributed by atoms with Crippen LogP contribution in [0.3, 0.4) is 0 Å². The predicted octanol–water partition coefficient (Wildman–Crippen LogP) is 3.05. The van der Waals surface area contributed by atoms with Gasteiger partial charge in [0.2, 0.25) is 0 Å². The highest BCUT2D eigenvalue weighted by Gasteiger charge is 2.40. The van der Waals surface area contributed by atoms with Gasteiger partial charge in [0.25, 0.3) is 0 Å². The molecule has 0 aromatic heterocycles. The first kappa shape index (κ1) is 16.1. The summed E-state index contributed by atoms with van der Waals surface area (Å²) in [6.07, 6.45) is 0.171. The molecule has 0 heterocycles. The molecular weight excluding hydrogens is 276 g/mol. The molecule has 0 radical (unpaired) electrons. The summed E-state index contributed by atoms with van der Waals surface area (Å²) in [5, 5.41) is 11.4. The minimum atomic E-state index is -1.59. The maximum absolute atomic E-state index is 11.4. The van der Waals surface area contributed by atoms with Crippen LogP contribution in [0.15, 0.2) is 54.6 Å². The summed E-state index contributed by atoms with van der Waals surface area (Å²) < 4.78 is 0. The molecular formula is C15H17ClN2O2. The maximum atomic E-state index is 11.4. The third kappa shape index (κ3) is 3.35. The average Bonchev–Trinajstić information content (AvgIpc) is 2.40. The predicted molar refractivity (Wildman–Crippen MR) is 81.4 cm³/mol. The van der Waals surface area contributed by atoms with Crippen molar-refractivity contribution < 1.29 is 4.92 Å². The lowest BCUT2D eigenvalue weighted by atomic mass is 9.92. The van der Waals surface area contributed by atoms with Crippen molar-refractivity contribution in [3.63, 3.8) is 0 Å². The zero-order chi connectivity index (χ0) is 13.9. The van der Waals surface area contributed by atoms with E-state index in [-0.39, 0.29) is 18.8 Å². The van der Waals surface area contributed by atoms with Gasteiger partial charge in [-0.25, -0.2) is 0 Å². The van der Waals surface area contributed by atoms with Crippen LogP contribution in [0.4, 0.5) is 0 Å². The van der Waals surface area contributed by atoms with Crippen LogP contribution < -0.4 is 5.73 Å². The van der Waals surface area contributed by atoms with E-state index in [1.54, 1.807) is 12.1 Å². The van der Waals surface area contributed by atoms with Gasteiger partial charge in [-0.15, -0.1) is 12.4 Å². The van der Waals surface area contributed by atoms with Crippen molar-refractivity contribution in [2.45, 2.75) is 19.0 Å². The number of hydrogen-bond donors (Lipinski definition) is 1. The van der Waals surface area contributed by atoms with Crippen LogP contribution in [-0.4, -0.2) is 4.92 Å². The highest BCUT2D eigenvalue weighted by molar-refractivity contribution is 5.85. The first-order chi connectivity index (χ1) is 9.02. The third-order valence-electron chi connectivity index (χ3n) is 3.19. The normalized spacial score (nSPS) is 13.1. The Morgan fingerprint density at radius 3 is 2.15 bits per heavy atom. The lowest BCUT2D eigenvalue weighted by Gasteiger charge is -2.21. The number of nitrogens with two attached hydrogens (primary N) is 1. The van der Waals surface area contributed by atoms with Gasteiger partial charge in [0.15, 0.2) is 0 Å².